The maximum atomic E-state index is 11.8. The number of hydrogen-bond acceptors (Lipinski definition) is 6. The highest BCUT2D eigenvalue weighted by Gasteiger charge is 2.13. The number of nitrogens with one attached hydrogen (secondary N) is 1. The molecule has 0 aromatic heterocycles. The molecule has 0 atom stereocenters. The first-order valence-electron chi connectivity index (χ1n) is 8.61. The van der Waals surface area contributed by atoms with Crippen LogP contribution in [0.15, 0.2) is 47.6 Å². The minimum Gasteiger partial charge on any atom is -0.497 e. The summed E-state index contributed by atoms with van der Waals surface area (Å²) in [6.07, 6.45) is 1.52. The number of benzene rings is 2. The summed E-state index contributed by atoms with van der Waals surface area (Å²) in [7, 11) is 1.59. The quantitative estimate of drug-likeness (QED) is 0.571. The predicted molar refractivity (Wildman–Crippen MR) is 101 cm³/mol. The first-order valence-corrected chi connectivity index (χ1v) is 8.61. The van der Waals surface area contributed by atoms with Gasteiger partial charge in [-0.2, -0.15) is 5.10 Å². The van der Waals surface area contributed by atoms with Crippen LogP contribution >= 0.6 is 0 Å². The molecule has 7 nitrogen and oxygen atoms in total. The molecule has 3 rings (SSSR count). The van der Waals surface area contributed by atoms with Gasteiger partial charge in [-0.1, -0.05) is 6.07 Å². The van der Waals surface area contributed by atoms with E-state index in [1.165, 1.54) is 0 Å². The number of carbonyl (C=O) groups excluding carboxylic acids is 1. The Morgan fingerprint density at radius 1 is 1.11 bits per heavy atom. The van der Waals surface area contributed by atoms with Crippen molar-refractivity contribution in [3.63, 3.8) is 0 Å². The number of methoxy groups -OCH3 is 1. The number of rotatable bonds is 8. The molecule has 0 saturated carbocycles. The number of fused-ring (bicyclic) bond motifs is 1. The van der Waals surface area contributed by atoms with Gasteiger partial charge in [-0.05, 0) is 61.7 Å². The summed E-state index contributed by atoms with van der Waals surface area (Å²) in [6, 6.07) is 12.9. The van der Waals surface area contributed by atoms with Gasteiger partial charge >= 0.3 is 0 Å². The Hall–Kier alpha value is -3.22. The second-order valence-corrected chi connectivity index (χ2v) is 6.03. The highest BCUT2D eigenvalue weighted by molar-refractivity contribution is 5.85. The van der Waals surface area contributed by atoms with Crippen molar-refractivity contribution < 1.29 is 23.7 Å². The zero-order valence-corrected chi connectivity index (χ0v) is 15.4. The number of carbonyl (C=O) groups is 1. The van der Waals surface area contributed by atoms with Crippen LogP contribution in [0.1, 0.15) is 18.9 Å². The molecule has 1 aliphatic heterocycles. The van der Waals surface area contributed by atoms with E-state index in [1.54, 1.807) is 31.4 Å². The van der Waals surface area contributed by atoms with Crippen molar-refractivity contribution in [3.8, 4) is 23.0 Å². The van der Waals surface area contributed by atoms with Crippen LogP contribution in [-0.4, -0.2) is 32.1 Å². The van der Waals surface area contributed by atoms with E-state index in [2.05, 4.69) is 10.5 Å². The van der Waals surface area contributed by atoms with Crippen molar-refractivity contribution in [1.82, 2.24) is 5.43 Å². The molecular weight excluding hydrogens is 348 g/mol. The van der Waals surface area contributed by atoms with Gasteiger partial charge in [0, 0.05) is 5.71 Å². The Labute approximate surface area is 157 Å². The van der Waals surface area contributed by atoms with Gasteiger partial charge in [0.25, 0.3) is 5.91 Å². The SMILES string of the molecule is COc1ccc(OCC(=O)N/N=C(\C)CCc2ccc3c(c2)OCO3)cc1. The molecule has 0 unspecified atom stereocenters. The highest BCUT2D eigenvalue weighted by Crippen LogP contribution is 2.32. The van der Waals surface area contributed by atoms with Crippen LogP contribution in [0.25, 0.3) is 0 Å². The molecule has 2 aromatic rings. The number of aryl methyl sites for hydroxylation is 1. The lowest BCUT2D eigenvalue weighted by Crippen LogP contribution is -2.25. The molecule has 0 aliphatic carbocycles. The Balaban J connectivity index is 1.40. The van der Waals surface area contributed by atoms with E-state index in [1.807, 2.05) is 25.1 Å². The first-order chi connectivity index (χ1) is 13.1. The second-order valence-electron chi connectivity index (χ2n) is 6.03. The minimum atomic E-state index is -0.312. The van der Waals surface area contributed by atoms with E-state index in [0.717, 1.165) is 41.4 Å². The fourth-order valence-electron chi connectivity index (χ4n) is 2.49. The van der Waals surface area contributed by atoms with Gasteiger partial charge in [-0.25, -0.2) is 5.43 Å². The van der Waals surface area contributed by atoms with E-state index >= 15 is 0 Å². The van der Waals surface area contributed by atoms with Crippen molar-refractivity contribution in [2.75, 3.05) is 20.5 Å². The molecule has 1 aliphatic rings. The van der Waals surface area contributed by atoms with Crippen molar-refractivity contribution in [1.29, 1.82) is 0 Å². The molecule has 2 aromatic carbocycles. The maximum Gasteiger partial charge on any atom is 0.277 e. The Kier molecular flexibility index (Phi) is 6.14. The van der Waals surface area contributed by atoms with Crippen LogP contribution < -0.4 is 24.4 Å². The lowest BCUT2D eigenvalue weighted by atomic mass is 10.1. The molecule has 0 fully saturated rings. The second kappa shape index (κ2) is 8.93. The van der Waals surface area contributed by atoms with Crippen molar-refractivity contribution in [2.45, 2.75) is 19.8 Å². The fraction of sp³-hybridized carbons (Fsp3) is 0.300. The third kappa shape index (κ3) is 5.37. The van der Waals surface area contributed by atoms with E-state index in [4.69, 9.17) is 18.9 Å². The topological polar surface area (TPSA) is 78.4 Å². The highest BCUT2D eigenvalue weighted by atomic mass is 16.7. The number of hydrazone groups is 1. The molecule has 0 saturated heterocycles. The third-order valence-corrected chi connectivity index (χ3v) is 4.01. The summed E-state index contributed by atoms with van der Waals surface area (Å²) in [6.45, 7) is 2.03. The maximum absolute atomic E-state index is 11.8. The summed E-state index contributed by atoms with van der Waals surface area (Å²) < 4.78 is 21.1. The van der Waals surface area contributed by atoms with Crippen LogP contribution in [0.5, 0.6) is 23.0 Å². The summed E-state index contributed by atoms with van der Waals surface area (Å²) in [5.74, 6) is 2.55. The van der Waals surface area contributed by atoms with Crippen molar-refractivity contribution in [2.24, 2.45) is 5.10 Å². The van der Waals surface area contributed by atoms with Crippen LogP contribution in [-0.2, 0) is 11.2 Å². The summed E-state index contributed by atoms with van der Waals surface area (Å²) in [5, 5.41) is 4.11. The molecule has 1 N–H and O–H groups in total. The van der Waals surface area contributed by atoms with Gasteiger partial charge in [0.2, 0.25) is 6.79 Å². The minimum absolute atomic E-state index is 0.106. The molecule has 1 amide bonds. The van der Waals surface area contributed by atoms with Crippen LogP contribution in [0.3, 0.4) is 0 Å². The third-order valence-electron chi connectivity index (χ3n) is 4.01. The first kappa shape index (κ1) is 18.6. The van der Waals surface area contributed by atoms with Crippen LogP contribution in [0.2, 0.25) is 0 Å². The fourth-order valence-corrected chi connectivity index (χ4v) is 2.49. The average Bonchev–Trinajstić information content (AvgIpc) is 3.17. The Morgan fingerprint density at radius 3 is 2.63 bits per heavy atom. The molecule has 7 heteroatoms. The lowest BCUT2D eigenvalue weighted by molar-refractivity contribution is -0.123. The normalized spacial score (nSPS) is 12.6. The number of hydrogen-bond donors (Lipinski definition) is 1. The molecule has 0 radical (unpaired) electrons. The molecular formula is C20H22N2O5. The van der Waals surface area contributed by atoms with Gasteiger partial charge in [-0.15, -0.1) is 0 Å². The number of ether oxygens (including phenoxy) is 4. The number of nitrogens with zero attached hydrogens (tertiary/aromatic N) is 1. The van der Waals surface area contributed by atoms with Crippen LogP contribution in [0.4, 0.5) is 0 Å². The van der Waals surface area contributed by atoms with E-state index < -0.39 is 0 Å². The summed E-state index contributed by atoms with van der Waals surface area (Å²) in [5.41, 5.74) is 4.46. The smallest absolute Gasteiger partial charge is 0.277 e. The number of amides is 1. The van der Waals surface area contributed by atoms with E-state index in [0.29, 0.717) is 5.75 Å². The zero-order valence-electron chi connectivity index (χ0n) is 15.4. The van der Waals surface area contributed by atoms with Gasteiger partial charge in [-0.3, -0.25) is 4.79 Å². The molecule has 0 bridgehead atoms. The van der Waals surface area contributed by atoms with E-state index in [-0.39, 0.29) is 19.3 Å². The average molecular weight is 370 g/mol. The van der Waals surface area contributed by atoms with Gasteiger partial charge < -0.3 is 18.9 Å². The molecule has 0 spiro atoms. The van der Waals surface area contributed by atoms with Gasteiger partial charge in [0.15, 0.2) is 18.1 Å². The molecule has 27 heavy (non-hydrogen) atoms. The van der Waals surface area contributed by atoms with Crippen molar-refractivity contribution >= 4 is 11.6 Å². The Bertz CT molecular complexity index is 818. The van der Waals surface area contributed by atoms with Crippen LogP contribution in [0, 0.1) is 0 Å². The van der Waals surface area contributed by atoms with Gasteiger partial charge in [0.1, 0.15) is 11.5 Å². The zero-order chi connectivity index (χ0) is 19.1. The van der Waals surface area contributed by atoms with Crippen molar-refractivity contribution in [3.05, 3.63) is 48.0 Å². The van der Waals surface area contributed by atoms with Gasteiger partial charge in [0.05, 0.1) is 7.11 Å². The lowest BCUT2D eigenvalue weighted by Gasteiger charge is -2.07. The van der Waals surface area contributed by atoms with E-state index in [9.17, 15) is 4.79 Å². The Morgan fingerprint density at radius 2 is 1.85 bits per heavy atom. The predicted octanol–water partition coefficient (Wildman–Crippen LogP) is 2.93. The standard InChI is InChI=1S/C20H22N2O5/c1-14(3-4-15-5-10-18-19(11-15)27-13-26-18)21-22-20(23)12-25-17-8-6-16(24-2)7-9-17/h5-11H,3-4,12-13H2,1-2H3,(H,22,23)/b21-14+. The largest absolute Gasteiger partial charge is 0.497 e. The monoisotopic (exact) mass is 370 g/mol. The summed E-state index contributed by atoms with van der Waals surface area (Å²) in [4.78, 5) is 11.8. The molecule has 142 valence electrons. The summed E-state index contributed by atoms with van der Waals surface area (Å²) >= 11 is 0. The molecule has 1 heterocycles.